The number of methoxy groups -OCH3 is 1. The SMILES string of the molecule is COCc1cccc(NC(=O)Cc2c(C)nn(-c3ccc(F)cc3F)c2C)c1. The quantitative estimate of drug-likeness (QED) is 0.695. The van der Waals surface area contributed by atoms with Crippen molar-refractivity contribution >= 4 is 11.6 Å². The monoisotopic (exact) mass is 385 g/mol. The fourth-order valence-electron chi connectivity index (χ4n) is 3.09. The van der Waals surface area contributed by atoms with E-state index >= 15 is 0 Å². The molecule has 0 atom stereocenters. The van der Waals surface area contributed by atoms with Crippen molar-refractivity contribution in [2.45, 2.75) is 26.9 Å². The number of aromatic nitrogens is 2. The minimum Gasteiger partial charge on any atom is -0.380 e. The second-order valence-electron chi connectivity index (χ2n) is 6.52. The van der Waals surface area contributed by atoms with Gasteiger partial charge in [-0.2, -0.15) is 5.10 Å². The fraction of sp³-hybridized carbons (Fsp3) is 0.238. The number of nitrogens with zero attached hydrogens (tertiary/aromatic N) is 2. The highest BCUT2D eigenvalue weighted by molar-refractivity contribution is 5.92. The maximum absolute atomic E-state index is 14.1. The Morgan fingerprint density at radius 1 is 1.18 bits per heavy atom. The van der Waals surface area contributed by atoms with Gasteiger partial charge in [-0.1, -0.05) is 12.1 Å². The Bertz CT molecular complexity index is 1010. The van der Waals surface area contributed by atoms with E-state index in [1.807, 2.05) is 18.2 Å². The third kappa shape index (κ3) is 4.26. The number of ether oxygens (including phenoxy) is 1. The molecule has 146 valence electrons. The standard InChI is InChI=1S/C21H21F2N3O2/c1-13-18(11-21(27)24-17-6-4-5-15(9-17)12-28-3)14(2)26(25-13)20-8-7-16(22)10-19(20)23/h4-10H,11-12H2,1-3H3,(H,24,27). The van der Waals surface area contributed by atoms with Crippen LogP contribution in [0.15, 0.2) is 42.5 Å². The summed E-state index contributed by atoms with van der Waals surface area (Å²) in [6.07, 6.45) is 0.0922. The molecule has 3 rings (SSSR count). The lowest BCUT2D eigenvalue weighted by Gasteiger charge is -2.09. The van der Waals surface area contributed by atoms with Crippen molar-refractivity contribution in [2.24, 2.45) is 0 Å². The van der Waals surface area contributed by atoms with Gasteiger partial charge < -0.3 is 10.1 Å². The van der Waals surface area contributed by atoms with Crippen LogP contribution in [0.3, 0.4) is 0 Å². The first-order valence-corrected chi connectivity index (χ1v) is 8.77. The maximum Gasteiger partial charge on any atom is 0.228 e. The lowest BCUT2D eigenvalue weighted by molar-refractivity contribution is -0.115. The summed E-state index contributed by atoms with van der Waals surface area (Å²) in [6, 6.07) is 10.7. The minimum absolute atomic E-state index is 0.0922. The average Bonchev–Trinajstić information content (AvgIpc) is 2.90. The van der Waals surface area contributed by atoms with E-state index in [-0.39, 0.29) is 18.0 Å². The van der Waals surface area contributed by atoms with Crippen molar-refractivity contribution < 1.29 is 18.3 Å². The lowest BCUT2D eigenvalue weighted by Crippen LogP contribution is -2.15. The average molecular weight is 385 g/mol. The summed E-state index contributed by atoms with van der Waals surface area (Å²) in [5.41, 5.74) is 3.71. The van der Waals surface area contributed by atoms with Gasteiger partial charge in [0.25, 0.3) is 0 Å². The molecular weight excluding hydrogens is 364 g/mol. The zero-order valence-electron chi connectivity index (χ0n) is 15.9. The highest BCUT2D eigenvalue weighted by Gasteiger charge is 2.18. The zero-order chi connectivity index (χ0) is 20.3. The van der Waals surface area contributed by atoms with Gasteiger partial charge in [-0.15, -0.1) is 0 Å². The van der Waals surface area contributed by atoms with Gasteiger partial charge in [-0.25, -0.2) is 13.5 Å². The van der Waals surface area contributed by atoms with Crippen LogP contribution in [0.2, 0.25) is 0 Å². The molecule has 5 nitrogen and oxygen atoms in total. The Hall–Kier alpha value is -3.06. The van der Waals surface area contributed by atoms with E-state index in [1.54, 1.807) is 27.0 Å². The molecule has 7 heteroatoms. The molecule has 3 aromatic rings. The fourth-order valence-corrected chi connectivity index (χ4v) is 3.09. The Morgan fingerprint density at radius 3 is 2.68 bits per heavy atom. The molecule has 1 aromatic heterocycles. The molecule has 1 N–H and O–H groups in total. The molecular formula is C21H21F2N3O2. The second kappa shape index (κ2) is 8.31. The summed E-state index contributed by atoms with van der Waals surface area (Å²) in [4.78, 5) is 12.5. The number of carbonyl (C=O) groups excluding carboxylic acids is 1. The summed E-state index contributed by atoms with van der Waals surface area (Å²) in [7, 11) is 1.61. The molecule has 0 unspecified atom stereocenters. The first kappa shape index (κ1) is 19.7. The molecule has 2 aromatic carbocycles. The van der Waals surface area contributed by atoms with Crippen molar-refractivity contribution in [1.29, 1.82) is 0 Å². The largest absolute Gasteiger partial charge is 0.380 e. The molecule has 0 spiro atoms. The van der Waals surface area contributed by atoms with Crippen molar-refractivity contribution in [2.75, 3.05) is 12.4 Å². The molecule has 0 aliphatic rings. The highest BCUT2D eigenvalue weighted by atomic mass is 19.1. The second-order valence-corrected chi connectivity index (χ2v) is 6.52. The highest BCUT2D eigenvalue weighted by Crippen LogP contribution is 2.22. The lowest BCUT2D eigenvalue weighted by atomic mass is 10.1. The third-order valence-corrected chi connectivity index (χ3v) is 4.44. The van der Waals surface area contributed by atoms with E-state index in [4.69, 9.17) is 4.74 Å². The first-order valence-electron chi connectivity index (χ1n) is 8.77. The number of anilines is 1. The number of aryl methyl sites for hydroxylation is 1. The number of benzene rings is 2. The van der Waals surface area contributed by atoms with Crippen molar-refractivity contribution in [1.82, 2.24) is 9.78 Å². The number of amides is 1. The first-order chi connectivity index (χ1) is 13.4. The summed E-state index contributed by atoms with van der Waals surface area (Å²) in [5, 5.41) is 7.18. The Morgan fingerprint density at radius 2 is 1.96 bits per heavy atom. The minimum atomic E-state index is -0.712. The normalized spacial score (nSPS) is 10.9. The van der Waals surface area contributed by atoms with Crippen molar-refractivity contribution in [3.05, 3.63) is 76.6 Å². The van der Waals surface area contributed by atoms with Crippen LogP contribution in [-0.4, -0.2) is 22.8 Å². The van der Waals surface area contributed by atoms with Gasteiger partial charge in [0.1, 0.15) is 11.5 Å². The van der Waals surface area contributed by atoms with Crippen LogP contribution < -0.4 is 5.32 Å². The van der Waals surface area contributed by atoms with Crippen molar-refractivity contribution in [3.63, 3.8) is 0 Å². The number of hydrogen-bond acceptors (Lipinski definition) is 3. The molecule has 0 saturated carbocycles. The van der Waals surface area contributed by atoms with Crippen LogP contribution in [0.4, 0.5) is 14.5 Å². The van der Waals surface area contributed by atoms with Gasteiger partial charge in [-0.05, 0) is 43.7 Å². The Labute approximate surface area is 161 Å². The topological polar surface area (TPSA) is 56.1 Å². The van der Waals surface area contributed by atoms with Crippen LogP contribution in [0.1, 0.15) is 22.5 Å². The maximum atomic E-state index is 14.1. The van der Waals surface area contributed by atoms with E-state index < -0.39 is 11.6 Å². The number of halogens is 2. The summed E-state index contributed by atoms with van der Waals surface area (Å²) >= 11 is 0. The van der Waals surface area contributed by atoms with Crippen LogP contribution in [0, 0.1) is 25.5 Å². The van der Waals surface area contributed by atoms with Crippen molar-refractivity contribution in [3.8, 4) is 5.69 Å². The van der Waals surface area contributed by atoms with Gasteiger partial charge in [-0.3, -0.25) is 4.79 Å². The smallest absolute Gasteiger partial charge is 0.228 e. The van der Waals surface area contributed by atoms with E-state index in [2.05, 4.69) is 10.4 Å². The number of hydrogen-bond donors (Lipinski definition) is 1. The molecule has 1 heterocycles. The molecule has 28 heavy (non-hydrogen) atoms. The van der Waals surface area contributed by atoms with E-state index in [1.165, 1.54) is 16.8 Å². The summed E-state index contributed by atoms with van der Waals surface area (Å²) in [6.45, 7) is 3.97. The molecule has 0 aliphatic carbocycles. The predicted octanol–water partition coefficient (Wildman–Crippen LogP) is 4.09. The molecule has 0 fully saturated rings. The summed E-state index contributed by atoms with van der Waals surface area (Å²) < 4.78 is 33.8. The molecule has 0 radical (unpaired) electrons. The Kier molecular flexibility index (Phi) is 5.84. The van der Waals surface area contributed by atoms with E-state index in [0.717, 1.165) is 11.6 Å². The Balaban J connectivity index is 1.80. The van der Waals surface area contributed by atoms with E-state index in [9.17, 15) is 13.6 Å². The van der Waals surface area contributed by atoms with E-state index in [0.29, 0.717) is 29.2 Å². The van der Waals surface area contributed by atoms with Crippen LogP contribution in [0.25, 0.3) is 5.69 Å². The predicted molar refractivity (Wildman–Crippen MR) is 102 cm³/mol. The van der Waals surface area contributed by atoms with Gasteiger partial charge in [0, 0.05) is 30.1 Å². The summed E-state index contributed by atoms with van der Waals surface area (Å²) in [5.74, 6) is -1.57. The van der Waals surface area contributed by atoms with Crippen LogP contribution in [-0.2, 0) is 22.6 Å². The van der Waals surface area contributed by atoms with Gasteiger partial charge in [0.05, 0.1) is 18.7 Å². The number of carbonyl (C=O) groups is 1. The number of rotatable bonds is 6. The third-order valence-electron chi connectivity index (χ3n) is 4.44. The molecule has 1 amide bonds. The van der Waals surface area contributed by atoms with Gasteiger partial charge >= 0.3 is 0 Å². The zero-order valence-corrected chi connectivity index (χ0v) is 15.9. The van der Waals surface area contributed by atoms with Gasteiger partial charge in [0.15, 0.2) is 5.82 Å². The van der Waals surface area contributed by atoms with Gasteiger partial charge in [0.2, 0.25) is 5.91 Å². The molecule has 0 aliphatic heterocycles. The van der Waals surface area contributed by atoms with Crippen LogP contribution in [0.5, 0.6) is 0 Å². The number of nitrogens with one attached hydrogen (secondary N) is 1. The molecule has 0 saturated heterocycles. The molecule has 0 bridgehead atoms. The van der Waals surface area contributed by atoms with Crippen LogP contribution >= 0.6 is 0 Å².